The maximum atomic E-state index is 14.3. The second-order valence-corrected chi connectivity index (χ2v) is 13.9. The number of anilines is 1. The molecule has 1 saturated carbocycles. The highest BCUT2D eigenvalue weighted by Gasteiger charge is 2.35. The van der Waals surface area contributed by atoms with E-state index in [2.05, 4.69) is 21.2 Å². The number of sulfonamides is 1. The summed E-state index contributed by atoms with van der Waals surface area (Å²) in [5.41, 5.74) is 0.787. The third-order valence-corrected chi connectivity index (χ3v) is 10.4. The molecular formula is C31H34BrCl2N3O4S. The van der Waals surface area contributed by atoms with Crippen LogP contribution in [0, 0.1) is 0 Å². The van der Waals surface area contributed by atoms with Crippen LogP contribution in [-0.4, -0.2) is 43.8 Å². The Morgan fingerprint density at radius 2 is 1.60 bits per heavy atom. The van der Waals surface area contributed by atoms with Crippen molar-refractivity contribution in [3.63, 3.8) is 0 Å². The van der Waals surface area contributed by atoms with Gasteiger partial charge < -0.3 is 10.2 Å². The molecule has 0 heterocycles. The van der Waals surface area contributed by atoms with Crippen molar-refractivity contribution in [2.75, 3.05) is 10.8 Å². The van der Waals surface area contributed by atoms with Gasteiger partial charge >= 0.3 is 0 Å². The molecule has 0 aromatic heterocycles. The number of amides is 2. The van der Waals surface area contributed by atoms with Gasteiger partial charge in [-0.25, -0.2) is 8.42 Å². The van der Waals surface area contributed by atoms with Gasteiger partial charge in [0.2, 0.25) is 11.8 Å². The van der Waals surface area contributed by atoms with Crippen LogP contribution in [-0.2, 0) is 26.2 Å². The minimum absolute atomic E-state index is 0.0396. The summed E-state index contributed by atoms with van der Waals surface area (Å²) in [4.78, 5) is 29.4. The molecule has 0 bridgehead atoms. The van der Waals surface area contributed by atoms with Crippen molar-refractivity contribution < 1.29 is 18.0 Å². The van der Waals surface area contributed by atoms with Gasteiger partial charge in [-0.3, -0.25) is 13.9 Å². The van der Waals surface area contributed by atoms with Crippen LogP contribution < -0.4 is 9.62 Å². The molecule has 4 rings (SSSR count). The predicted molar refractivity (Wildman–Crippen MR) is 171 cm³/mol. The van der Waals surface area contributed by atoms with Gasteiger partial charge in [0, 0.05) is 32.7 Å². The zero-order valence-corrected chi connectivity index (χ0v) is 27.2. The van der Waals surface area contributed by atoms with E-state index in [1.54, 1.807) is 60.7 Å². The quantitative estimate of drug-likeness (QED) is 0.230. The van der Waals surface area contributed by atoms with Crippen LogP contribution in [0.25, 0.3) is 0 Å². The summed E-state index contributed by atoms with van der Waals surface area (Å²) in [6, 6.07) is 18.9. The standard InChI is InChI=1S/C31H34BrCl2N3O4S/c1-2-29(31(39)35-23-12-5-3-6-13-23)36(20-26-27(33)17-10-18-28(26)34)30(38)21-37(24-14-9-11-22(32)19-24)42(40,41)25-15-7-4-8-16-25/h4,7-11,14-19,23,29H,2-3,5-6,12-13,20-21H2,1H3,(H,35,39). The highest BCUT2D eigenvalue weighted by atomic mass is 79.9. The Kier molecular flexibility index (Phi) is 11.3. The van der Waals surface area contributed by atoms with Gasteiger partial charge in [0.15, 0.2) is 0 Å². The fraction of sp³-hybridized carbons (Fsp3) is 0.355. The zero-order chi connectivity index (χ0) is 30.3. The van der Waals surface area contributed by atoms with Crippen LogP contribution in [0.1, 0.15) is 51.0 Å². The summed E-state index contributed by atoms with van der Waals surface area (Å²) < 4.78 is 29.6. The monoisotopic (exact) mass is 693 g/mol. The Bertz CT molecular complexity index is 1480. The van der Waals surface area contributed by atoms with Gasteiger partial charge in [0.05, 0.1) is 10.6 Å². The van der Waals surface area contributed by atoms with E-state index in [0.717, 1.165) is 36.4 Å². The van der Waals surface area contributed by atoms with Crippen molar-refractivity contribution in [1.82, 2.24) is 10.2 Å². The Labute approximate surface area is 266 Å². The van der Waals surface area contributed by atoms with Crippen LogP contribution in [0.4, 0.5) is 5.69 Å². The van der Waals surface area contributed by atoms with Crippen LogP contribution in [0.15, 0.2) is 82.2 Å². The van der Waals surface area contributed by atoms with Gasteiger partial charge in [0.25, 0.3) is 10.0 Å². The second kappa shape index (κ2) is 14.7. The van der Waals surface area contributed by atoms with E-state index in [0.29, 0.717) is 32.2 Å². The fourth-order valence-corrected chi connectivity index (χ4v) is 7.53. The molecule has 1 N–H and O–H groups in total. The molecule has 3 aromatic rings. The molecule has 3 aromatic carbocycles. The number of benzene rings is 3. The van der Waals surface area contributed by atoms with Gasteiger partial charge in [-0.1, -0.05) is 95.6 Å². The SMILES string of the molecule is CCC(C(=O)NC1CCCCC1)N(Cc1c(Cl)cccc1Cl)C(=O)CN(c1cccc(Br)c1)S(=O)(=O)c1ccccc1. The summed E-state index contributed by atoms with van der Waals surface area (Å²) >= 11 is 16.4. The molecule has 1 fully saturated rings. The lowest BCUT2D eigenvalue weighted by atomic mass is 9.95. The Morgan fingerprint density at radius 1 is 0.952 bits per heavy atom. The third-order valence-electron chi connectivity index (χ3n) is 7.43. The van der Waals surface area contributed by atoms with Crippen molar-refractivity contribution >= 4 is 66.7 Å². The number of halogens is 3. The van der Waals surface area contributed by atoms with E-state index < -0.39 is 28.5 Å². The molecule has 1 aliphatic carbocycles. The molecule has 0 spiro atoms. The van der Waals surface area contributed by atoms with Gasteiger partial charge in [-0.2, -0.15) is 0 Å². The van der Waals surface area contributed by atoms with Crippen molar-refractivity contribution in [3.8, 4) is 0 Å². The molecule has 7 nitrogen and oxygen atoms in total. The molecular weight excluding hydrogens is 661 g/mol. The number of rotatable bonds is 11. The van der Waals surface area contributed by atoms with Crippen molar-refractivity contribution in [3.05, 3.63) is 92.9 Å². The van der Waals surface area contributed by atoms with Crippen LogP contribution in [0.3, 0.4) is 0 Å². The van der Waals surface area contributed by atoms with Gasteiger partial charge in [-0.05, 0) is 61.7 Å². The number of carbonyl (C=O) groups is 2. The third kappa shape index (κ3) is 7.86. The molecule has 1 atom stereocenters. The maximum absolute atomic E-state index is 14.3. The van der Waals surface area contributed by atoms with E-state index in [1.165, 1.54) is 17.0 Å². The Balaban J connectivity index is 1.73. The number of hydrogen-bond donors (Lipinski definition) is 1. The van der Waals surface area contributed by atoms with E-state index in [4.69, 9.17) is 23.2 Å². The minimum atomic E-state index is -4.15. The highest BCUT2D eigenvalue weighted by Crippen LogP contribution is 2.30. The molecule has 0 aliphatic heterocycles. The summed E-state index contributed by atoms with van der Waals surface area (Å²) in [5, 5.41) is 3.83. The number of nitrogens with zero attached hydrogens (tertiary/aromatic N) is 2. The summed E-state index contributed by atoms with van der Waals surface area (Å²) in [6.07, 6.45) is 5.31. The van der Waals surface area contributed by atoms with Crippen LogP contribution in [0.5, 0.6) is 0 Å². The van der Waals surface area contributed by atoms with E-state index in [9.17, 15) is 18.0 Å². The molecule has 0 saturated heterocycles. The van der Waals surface area contributed by atoms with Gasteiger partial charge in [0.1, 0.15) is 12.6 Å². The van der Waals surface area contributed by atoms with Crippen LogP contribution in [0.2, 0.25) is 10.0 Å². The number of carbonyl (C=O) groups excluding carboxylic acids is 2. The lowest BCUT2D eigenvalue weighted by Crippen LogP contribution is -2.54. The minimum Gasteiger partial charge on any atom is -0.352 e. The topological polar surface area (TPSA) is 86.8 Å². The molecule has 1 aliphatic rings. The molecule has 0 radical (unpaired) electrons. The lowest BCUT2D eigenvalue weighted by Gasteiger charge is -2.34. The second-order valence-electron chi connectivity index (χ2n) is 10.3. The van der Waals surface area contributed by atoms with E-state index in [-0.39, 0.29) is 23.4 Å². The van der Waals surface area contributed by atoms with Crippen molar-refractivity contribution in [2.24, 2.45) is 0 Å². The highest BCUT2D eigenvalue weighted by molar-refractivity contribution is 9.10. The molecule has 11 heteroatoms. The smallest absolute Gasteiger partial charge is 0.264 e. The Morgan fingerprint density at radius 3 is 2.21 bits per heavy atom. The lowest BCUT2D eigenvalue weighted by molar-refractivity contribution is -0.140. The average Bonchev–Trinajstić information content (AvgIpc) is 2.98. The first-order valence-corrected chi connectivity index (χ1v) is 17.0. The average molecular weight is 696 g/mol. The number of hydrogen-bond acceptors (Lipinski definition) is 4. The molecule has 224 valence electrons. The van der Waals surface area contributed by atoms with Crippen molar-refractivity contribution in [2.45, 2.75) is 69.0 Å². The summed E-state index contributed by atoms with van der Waals surface area (Å²) in [6.45, 7) is 1.22. The van der Waals surface area contributed by atoms with Crippen LogP contribution >= 0.6 is 39.1 Å². The molecule has 42 heavy (non-hydrogen) atoms. The first kappa shape index (κ1) is 32.3. The first-order chi connectivity index (χ1) is 20.1. The number of nitrogens with one attached hydrogen (secondary N) is 1. The fourth-order valence-electron chi connectivity index (χ4n) is 5.20. The molecule has 2 amide bonds. The van der Waals surface area contributed by atoms with Gasteiger partial charge in [-0.15, -0.1) is 0 Å². The molecule has 1 unspecified atom stereocenters. The Hall–Kier alpha value is -2.59. The summed E-state index contributed by atoms with van der Waals surface area (Å²) in [5.74, 6) is -0.836. The predicted octanol–water partition coefficient (Wildman–Crippen LogP) is 7.21. The van der Waals surface area contributed by atoms with Crippen molar-refractivity contribution in [1.29, 1.82) is 0 Å². The summed E-state index contributed by atoms with van der Waals surface area (Å²) in [7, 11) is -4.15. The maximum Gasteiger partial charge on any atom is 0.264 e. The largest absolute Gasteiger partial charge is 0.352 e. The first-order valence-electron chi connectivity index (χ1n) is 14.0. The zero-order valence-electron chi connectivity index (χ0n) is 23.3. The normalized spacial score (nSPS) is 14.7. The van der Waals surface area contributed by atoms with E-state index in [1.807, 2.05) is 6.92 Å². The van der Waals surface area contributed by atoms with E-state index >= 15 is 0 Å².